The second-order valence-corrected chi connectivity index (χ2v) is 2.38. The number of rotatable bonds is 2. The molecule has 0 N–H and O–H groups in total. The van der Waals surface area contributed by atoms with Crippen molar-refractivity contribution in [3.8, 4) is 0 Å². The molecule has 0 spiro atoms. The summed E-state index contributed by atoms with van der Waals surface area (Å²) < 4.78 is 4.53. The molecule has 5 heteroatoms. The van der Waals surface area contributed by atoms with Gasteiger partial charge in [0.2, 0.25) is 0 Å². The third-order valence-electron chi connectivity index (χ3n) is 1.27. The lowest BCUT2D eigenvalue weighted by Gasteiger charge is -2.10. The fourth-order valence-electron chi connectivity index (χ4n) is 0.640. The normalized spacial score (nSPS) is 15.8. The van der Waals surface area contributed by atoms with Gasteiger partial charge in [-0.1, -0.05) is 6.58 Å². The molecule has 1 heterocycles. The SMILES string of the molecule is C=C(C)C(=O)ON1CCOC1=O. The minimum Gasteiger partial charge on any atom is -0.445 e. The van der Waals surface area contributed by atoms with E-state index in [-0.39, 0.29) is 18.7 Å². The Morgan fingerprint density at radius 1 is 1.75 bits per heavy atom. The van der Waals surface area contributed by atoms with E-state index in [1.807, 2.05) is 0 Å². The summed E-state index contributed by atoms with van der Waals surface area (Å²) in [4.78, 5) is 26.2. The summed E-state index contributed by atoms with van der Waals surface area (Å²) in [6, 6.07) is 0. The highest BCUT2D eigenvalue weighted by Crippen LogP contribution is 2.05. The molecule has 1 rings (SSSR count). The van der Waals surface area contributed by atoms with Gasteiger partial charge in [0.1, 0.15) is 6.61 Å². The Morgan fingerprint density at radius 2 is 2.42 bits per heavy atom. The zero-order valence-electron chi connectivity index (χ0n) is 6.70. The number of carbonyl (C=O) groups is 2. The van der Waals surface area contributed by atoms with Crippen LogP contribution in [-0.4, -0.2) is 30.3 Å². The average molecular weight is 171 g/mol. The highest BCUT2D eigenvalue weighted by atomic mass is 16.8. The Morgan fingerprint density at radius 3 is 2.83 bits per heavy atom. The van der Waals surface area contributed by atoms with Crippen molar-refractivity contribution in [3.05, 3.63) is 12.2 Å². The molecule has 0 unspecified atom stereocenters. The van der Waals surface area contributed by atoms with Gasteiger partial charge in [0.15, 0.2) is 0 Å². The summed E-state index contributed by atoms with van der Waals surface area (Å²) in [6.07, 6.45) is -0.635. The van der Waals surface area contributed by atoms with E-state index in [2.05, 4.69) is 16.2 Å². The lowest BCUT2D eigenvalue weighted by molar-refractivity contribution is -0.169. The molecule has 0 bridgehead atoms. The average Bonchev–Trinajstić information content (AvgIpc) is 2.36. The van der Waals surface area contributed by atoms with Gasteiger partial charge in [-0.05, 0) is 6.92 Å². The maximum absolute atomic E-state index is 10.9. The molecule has 0 aromatic heterocycles. The molecule has 1 aliphatic heterocycles. The molecule has 0 radical (unpaired) electrons. The number of hydrogen-bond donors (Lipinski definition) is 0. The first-order valence-electron chi connectivity index (χ1n) is 3.43. The molecule has 5 nitrogen and oxygen atoms in total. The molecule has 1 fully saturated rings. The standard InChI is InChI=1S/C7H9NO4/c1-5(2)6(9)12-8-3-4-11-7(8)10/h1,3-4H2,2H3. The van der Waals surface area contributed by atoms with Gasteiger partial charge >= 0.3 is 12.1 Å². The minimum atomic E-state index is -0.635. The summed E-state index contributed by atoms with van der Waals surface area (Å²) in [5.74, 6) is -0.617. The number of cyclic esters (lactones) is 1. The van der Waals surface area contributed by atoms with Crippen molar-refractivity contribution in [3.63, 3.8) is 0 Å². The number of hydrogen-bond acceptors (Lipinski definition) is 4. The topological polar surface area (TPSA) is 55.8 Å². The molecule has 0 aliphatic carbocycles. The Hall–Kier alpha value is -1.52. The number of ether oxygens (including phenoxy) is 1. The fraction of sp³-hybridized carbons (Fsp3) is 0.429. The highest BCUT2D eigenvalue weighted by Gasteiger charge is 2.26. The molecule has 1 aliphatic rings. The third kappa shape index (κ3) is 1.75. The molecular weight excluding hydrogens is 162 g/mol. The molecule has 0 aromatic carbocycles. The summed E-state index contributed by atoms with van der Waals surface area (Å²) in [7, 11) is 0. The van der Waals surface area contributed by atoms with Crippen LogP contribution in [0.4, 0.5) is 4.79 Å². The molecule has 0 saturated carbocycles. The predicted octanol–water partition coefficient (Wildman–Crippen LogP) is 0.473. The van der Waals surface area contributed by atoms with Gasteiger partial charge in [0.25, 0.3) is 0 Å². The van der Waals surface area contributed by atoms with E-state index in [4.69, 9.17) is 0 Å². The van der Waals surface area contributed by atoms with Gasteiger partial charge in [-0.2, -0.15) is 0 Å². The zero-order chi connectivity index (χ0) is 9.14. The zero-order valence-corrected chi connectivity index (χ0v) is 6.70. The first-order valence-corrected chi connectivity index (χ1v) is 3.43. The predicted molar refractivity (Wildman–Crippen MR) is 39.0 cm³/mol. The van der Waals surface area contributed by atoms with Crippen molar-refractivity contribution in [2.75, 3.05) is 13.2 Å². The van der Waals surface area contributed by atoms with E-state index in [9.17, 15) is 9.59 Å². The maximum Gasteiger partial charge on any atom is 0.443 e. The number of carbonyl (C=O) groups excluding carboxylic acids is 2. The van der Waals surface area contributed by atoms with Crippen molar-refractivity contribution < 1.29 is 19.2 Å². The van der Waals surface area contributed by atoms with Crippen LogP contribution in [0.15, 0.2) is 12.2 Å². The van der Waals surface area contributed by atoms with Gasteiger partial charge < -0.3 is 9.57 Å². The first-order chi connectivity index (χ1) is 5.61. The lowest BCUT2D eigenvalue weighted by Crippen LogP contribution is -2.28. The first kappa shape index (κ1) is 8.58. The second-order valence-electron chi connectivity index (χ2n) is 2.38. The largest absolute Gasteiger partial charge is 0.445 e. The van der Waals surface area contributed by atoms with Crippen LogP contribution in [0.5, 0.6) is 0 Å². The molecule has 1 amide bonds. The smallest absolute Gasteiger partial charge is 0.443 e. The van der Waals surface area contributed by atoms with Gasteiger partial charge in [0.05, 0.1) is 6.54 Å². The van der Waals surface area contributed by atoms with E-state index in [0.29, 0.717) is 0 Å². The van der Waals surface area contributed by atoms with Crippen LogP contribution in [0, 0.1) is 0 Å². The molecule has 1 saturated heterocycles. The quantitative estimate of drug-likeness (QED) is 0.567. The number of amides is 1. The Bertz CT molecular complexity index is 236. The molecular formula is C7H9NO4. The Labute approximate surface area is 69.5 Å². The van der Waals surface area contributed by atoms with Crippen LogP contribution in [-0.2, 0) is 14.4 Å². The summed E-state index contributed by atoms with van der Waals surface area (Å²) >= 11 is 0. The third-order valence-corrected chi connectivity index (χ3v) is 1.27. The van der Waals surface area contributed by atoms with Gasteiger partial charge in [-0.25, -0.2) is 9.59 Å². The Kier molecular flexibility index (Phi) is 2.32. The number of nitrogens with zero attached hydrogens (tertiary/aromatic N) is 1. The molecule has 66 valence electrons. The van der Waals surface area contributed by atoms with E-state index >= 15 is 0 Å². The van der Waals surface area contributed by atoms with E-state index < -0.39 is 12.1 Å². The Balaban J connectivity index is 2.46. The number of hydroxylamine groups is 2. The van der Waals surface area contributed by atoms with Crippen LogP contribution in [0.1, 0.15) is 6.92 Å². The van der Waals surface area contributed by atoms with Crippen LogP contribution in [0.2, 0.25) is 0 Å². The van der Waals surface area contributed by atoms with E-state index in [0.717, 1.165) is 5.06 Å². The molecule has 0 atom stereocenters. The van der Waals surface area contributed by atoms with Crippen molar-refractivity contribution in [1.82, 2.24) is 5.06 Å². The van der Waals surface area contributed by atoms with E-state index in [1.54, 1.807) is 0 Å². The minimum absolute atomic E-state index is 0.245. The van der Waals surface area contributed by atoms with Crippen molar-refractivity contribution >= 4 is 12.1 Å². The highest BCUT2D eigenvalue weighted by molar-refractivity contribution is 5.87. The van der Waals surface area contributed by atoms with Crippen LogP contribution >= 0.6 is 0 Å². The van der Waals surface area contributed by atoms with Crippen molar-refractivity contribution in [1.29, 1.82) is 0 Å². The summed E-state index contributed by atoms with van der Waals surface area (Å²) in [5.41, 5.74) is 0.245. The van der Waals surface area contributed by atoms with Gasteiger partial charge in [0, 0.05) is 5.57 Å². The second kappa shape index (κ2) is 3.25. The van der Waals surface area contributed by atoms with Crippen LogP contribution in [0.25, 0.3) is 0 Å². The van der Waals surface area contributed by atoms with E-state index in [1.165, 1.54) is 6.92 Å². The molecule has 12 heavy (non-hydrogen) atoms. The van der Waals surface area contributed by atoms with Gasteiger partial charge in [-0.3, -0.25) is 0 Å². The monoisotopic (exact) mass is 171 g/mol. The maximum atomic E-state index is 10.9. The summed E-state index contributed by atoms with van der Waals surface area (Å²) in [5, 5.41) is 0.872. The van der Waals surface area contributed by atoms with Crippen molar-refractivity contribution in [2.24, 2.45) is 0 Å². The van der Waals surface area contributed by atoms with Crippen molar-refractivity contribution in [2.45, 2.75) is 6.92 Å². The summed E-state index contributed by atoms with van der Waals surface area (Å²) in [6.45, 7) is 5.40. The molecule has 0 aromatic rings. The lowest BCUT2D eigenvalue weighted by atomic mass is 10.4. The van der Waals surface area contributed by atoms with Gasteiger partial charge in [-0.15, -0.1) is 5.06 Å². The fourth-order valence-corrected chi connectivity index (χ4v) is 0.640. The van der Waals surface area contributed by atoms with Crippen LogP contribution < -0.4 is 0 Å². The van der Waals surface area contributed by atoms with Crippen LogP contribution in [0.3, 0.4) is 0 Å².